The molecule has 1 aliphatic rings. The lowest BCUT2D eigenvalue weighted by Crippen LogP contribution is -2.05. The average Bonchev–Trinajstić information content (AvgIpc) is 3.15. The molecule has 0 saturated carbocycles. The molecule has 1 aromatic carbocycles. The Morgan fingerprint density at radius 1 is 1.32 bits per heavy atom. The molecule has 1 aliphatic carbocycles. The Balaban J connectivity index is 0.000000701. The quantitative estimate of drug-likeness (QED) is 0.818. The van der Waals surface area contributed by atoms with Crippen LogP contribution in [0, 0.1) is 5.92 Å². The second-order valence-electron chi connectivity index (χ2n) is 6.59. The molecule has 5 heteroatoms. The fraction of sp³-hybridized carbons (Fsp3) is 0.400. The van der Waals surface area contributed by atoms with Gasteiger partial charge < -0.3 is 10.2 Å². The first-order chi connectivity index (χ1) is 12.0. The van der Waals surface area contributed by atoms with E-state index in [9.17, 15) is 10.2 Å². The topological polar surface area (TPSA) is 71.2 Å². The third kappa shape index (κ3) is 4.72. The largest absolute Gasteiger partial charge is 0.507 e. The van der Waals surface area contributed by atoms with Crippen LogP contribution in [0.2, 0.25) is 0 Å². The molecule has 0 unspecified atom stereocenters. The van der Waals surface area contributed by atoms with Crippen molar-refractivity contribution in [1.29, 1.82) is 0 Å². The van der Waals surface area contributed by atoms with Crippen molar-refractivity contribution >= 4 is 0 Å². The molecule has 0 fully saturated rings. The minimum Gasteiger partial charge on any atom is -0.507 e. The summed E-state index contributed by atoms with van der Waals surface area (Å²) in [5.74, 6) is 0.843. The summed E-state index contributed by atoms with van der Waals surface area (Å²) in [6, 6.07) is 3.50. The Hall–Kier alpha value is -2.56. The molecule has 2 atom stereocenters. The van der Waals surface area contributed by atoms with Crippen LogP contribution in [0.5, 0.6) is 11.5 Å². The van der Waals surface area contributed by atoms with Gasteiger partial charge in [0.05, 0.1) is 6.20 Å². The maximum absolute atomic E-state index is 10.4. The third-order valence-electron chi connectivity index (χ3n) is 4.35. The van der Waals surface area contributed by atoms with Gasteiger partial charge in [-0.3, -0.25) is 4.68 Å². The minimum absolute atomic E-state index is 0.0874. The number of aromatic hydroxyl groups is 2. The Kier molecular flexibility index (Phi) is 6.39. The molecule has 1 heterocycles. The van der Waals surface area contributed by atoms with Crippen molar-refractivity contribution in [2.75, 3.05) is 0 Å². The zero-order chi connectivity index (χ0) is 18.4. The highest BCUT2D eigenvalue weighted by atomic mass is 16.3. The van der Waals surface area contributed by atoms with Crippen LogP contribution in [0.15, 0.2) is 48.8 Å². The standard InChI is InChI=1S/C17H21N3O2.C3H6/c1-11-7-12(2)14(8-11)17-15(21)9-13(10-16(17)22)3-5-20-6-4-18-19-20;1-3-2/h4,6,8-10,12,14,21-22H,3,5,7H2,1-2H3;3H,1H2,2H3/t12-,14-;/m1./s1. The van der Waals surface area contributed by atoms with Crippen molar-refractivity contribution in [2.24, 2.45) is 5.92 Å². The summed E-state index contributed by atoms with van der Waals surface area (Å²) in [6.07, 6.45) is 9.02. The van der Waals surface area contributed by atoms with Crippen LogP contribution in [0.1, 0.15) is 44.2 Å². The minimum atomic E-state index is 0.0874. The molecule has 134 valence electrons. The number of phenolic OH excluding ortho intramolecular Hbond substituents is 2. The van der Waals surface area contributed by atoms with Crippen LogP contribution in [0.4, 0.5) is 0 Å². The van der Waals surface area contributed by atoms with Gasteiger partial charge in [-0.1, -0.05) is 29.9 Å². The number of hydrogen-bond acceptors (Lipinski definition) is 4. The van der Waals surface area contributed by atoms with E-state index in [0.717, 1.165) is 12.0 Å². The summed E-state index contributed by atoms with van der Waals surface area (Å²) in [6.45, 7) is 10.2. The van der Waals surface area contributed by atoms with Gasteiger partial charge in [0, 0.05) is 24.2 Å². The molecule has 0 spiro atoms. The molecular formula is C20H27N3O2. The maximum Gasteiger partial charge on any atom is 0.123 e. The van der Waals surface area contributed by atoms with Crippen molar-refractivity contribution in [3.8, 4) is 11.5 Å². The summed E-state index contributed by atoms with van der Waals surface area (Å²) in [4.78, 5) is 0. The monoisotopic (exact) mass is 341 g/mol. The Labute approximate surface area is 149 Å². The number of aromatic nitrogens is 3. The molecule has 5 nitrogen and oxygen atoms in total. The molecule has 0 radical (unpaired) electrons. The number of phenols is 2. The number of aryl methyl sites for hydroxylation is 2. The lowest BCUT2D eigenvalue weighted by Gasteiger charge is -2.19. The first kappa shape index (κ1) is 18.8. The highest BCUT2D eigenvalue weighted by Crippen LogP contribution is 2.45. The van der Waals surface area contributed by atoms with Gasteiger partial charge in [0.25, 0.3) is 0 Å². The molecule has 3 rings (SSSR count). The fourth-order valence-corrected chi connectivity index (χ4v) is 3.30. The molecule has 2 N–H and O–H groups in total. The lowest BCUT2D eigenvalue weighted by atomic mass is 9.88. The van der Waals surface area contributed by atoms with Crippen molar-refractivity contribution in [3.63, 3.8) is 0 Å². The summed E-state index contributed by atoms with van der Waals surface area (Å²) in [5.41, 5.74) is 2.85. The van der Waals surface area contributed by atoms with Crippen molar-refractivity contribution in [3.05, 3.63) is 60.0 Å². The second kappa shape index (κ2) is 8.51. The Bertz CT molecular complexity index is 712. The number of rotatable bonds is 4. The average molecular weight is 341 g/mol. The van der Waals surface area contributed by atoms with E-state index in [4.69, 9.17) is 0 Å². The van der Waals surface area contributed by atoms with Gasteiger partial charge in [-0.05, 0) is 50.3 Å². The lowest BCUT2D eigenvalue weighted by molar-refractivity contribution is 0.419. The number of benzene rings is 1. The first-order valence-electron chi connectivity index (χ1n) is 8.59. The number of nitrogens with zero attached hydrogens (tertiary/aromatic N) is 3. The molecule has 0 bridgehead atoms. The fourth-order valence-electron chi connectivity index (χ4n) is 3.30. The molecular weight excluding hydrogens is 314 g/mol. The normalized spacial score (nSPS) is 19.1. The summed E-state index contributed by atoms with van der Waals surface area (Å²) in [7, 11) is 0. The van der Waals surface area contributed by atoms with Gasteiger partial charge in [0.1, 0.15) is 11.5 Å². The van der Waals surface area contributed by atoms with Crippen LogP contribution in [-0.4, -0.2) is 25.2 Å². The Morgan fingerprint density at radius 3 is 2.44 bits per heavy atom. The smallest absolute Gasteiger partial charge is 0.123 e. The zero-order valence-electron chi connectivity index (χ0n) is 15.2. The zero-order valence-corrected chi connectivity index (χ0v) is 15.2. The van der Waals surface area contributed by atoms with Crippen LogP contribution in [0.3, 0.4) is 0 Å². The van der Waals surface area contributed by atoms with E-state index in [1.807, 2.05) is 6.92 Å². The summed E-state index contributed by atoms with van der Waals surface area (Å²) in [5, 5.41) is 28.4. The van der Waals surface area contributed by atoms with E-state index in [0.29, 0.717) is 24.4 Å². The van der Waals surface area contributed by atoms with Crippen LogP contribution in [-0.2, 0) is 13.0 Å². The highest BCUT2D eigenvalue weighted by Gasteiger charge is 2.28. The predicted molar refractivity (Wildman–Crippen MR) is 99.6 cm³/mol. The molecule has 0 amide bonds. The Morgan fingerprint density at radius 2 is 1.96 bits per heavy atom. The van der Waals surface area contributed by atoms with Gasteiger partial charge in [-0.2, -0.15) is 0 Å². The van der Waals surface area contributed by atoms with Crippen LogP contribution in [0.25, 0.3) is 0 Å². The molecule has 2 aromatic rings. The van der Waals surface area contributed by atoms with Crippen molar-refractivity contribution in [2.45, 2.75) is 46.1 Å². The van der Waals surface area contributed by atoms with Crippen molar-refractivity contribution < 1.29 is 10.2 Å². The van der Waals surface area contributed by atoms with Gasteiger partial charge in [0.15, 0.2) is 0 Å². The molecule has 1 aromatic heterocycles. The van der Waals surface area contributed by atoms with Gasteiger partial charge in [-0.25, -0.2) is 0 Å². The summed E-state index contributed by atoms with van der Waals surface area (Å²) < 4.78 is 1.73. The molecule has 0 saturated heterocycles. The van der Waals surface area contributed by atoms with Gasteiger partial charge in [-0.15, -0.1) is 11.7 Å². The highest BCUT2D eigenvalue weighted by molar-refractivity contribution is 5.51. The van der Waals surface area contributed by atoms with E-state index >= 15 is 0 Å². The third-order valence-corrected chi connectivity index (χ3v) is 4.35. The number of allylic oxidation sites excluding steroid dienone is 3. The predicted octanol–water partition coefficient (Wildman–Crippen LogP) is 4.19. The SMILES string of the molecule is C=CC.CC1=C[C@@H](c2c(O)cc(CCn3ccnn3)cc2O)[C@H](C)C1. The maximum atomic E-state index is 10.4. The van der Waals surface area contributed by atoms with E-state index in [1.54, 1.807) is 35.3 Å². The molecule has 0 aliphatic heterocycles. The van der Waals surface area contributed by atoms with Gasteiger partial charge >= 0.3 is 0 Å². The second-order valence-corrected chi connectivity index (χ2v) is 6.59. The number of hydrogen-bond donors (Lipinski definition) is 2. The van der Waals surface area contributed by atoms with E-state index in [2.05, 4.69) is 36.8 Å². The van der Waals surface area contributed by atoms with Gasteiger partial charge in [0.2, 0.25) is 0 Å². The summed E-state index contributed by atoms with van der Waals surface area (Å²) >= 11 is 0. The van der Waals surface area contributed by atoms with E-state index in [-0.39, 0.29) is 17.4 Å². The van der Waals surface area contributed by atoms with E-state index < -0.39 is 0 Å². The van der Waals surface area contributed by atoms with Crippen LogP contribution >= 0.6 is 0 Å². The van der Waals surface area contributed by atoms with E-state index in [1.165, 1.54) is 5.57 Å². The van der Waals surface area contributed by atoms with Crippen molar-refractivity contribution in [1.82, 2.24) is 15.0 Å². The van der Waals surface area contributed by atoms with Crippen LogP contribution < -0.4 is 0 Å². The molecule has 25 heavy (non-hydrogen) atoms. The first-order valence-corrected chi connectivity index (χ1v) is 8.59.